The van der Waals surface area contributed by atoms with Crippen LogP contribution in [0.2, 0.25) is 0 Å². The smallest absolute Gasteiger partial charge is 0.257 e. The van der Waals surface area contributed by atoms with Crippen molar-refractivity contribution in [3.8, 4) is 5.75 Å². The molecule has 0 fully saturated rings. The van der Waals surface area contributed by atoms with Crippen molar-refractivity contribution in [2.24, 2.45) is 0 Å². The number of benzene rings is 2. The van der Waals surface area contributed by atoms with E-state index in [4.69, 9.17) is 0 Å². The Hall–Kier alpha value is -3.86. The summed E-state index contributed by atoms with van der Waals surface area (Å²) in [5.74, 6) is -0.815. The molecule has 4 N–H and O–H groups in total. The van der Waals surface area contributed by atoms with Crippen LogP contribution >= 0.6 is 0 Å². The number of nitrogens with zero attached hydrogens (tertiary/aromatic N) is 1. The van der Waals surface area contributed by atoms with Gasteiger partial charge in [0.1, 0.15) is 11.4 Å². The number of para-hydroxylation sites is 3. The van der Waals surface area contributed by atoms with Crippen molar-refractivity contribution in [1.82, 2.24) is 4.90 Å². The molecule has 162 valence electrons. The fraction of sp³-hybridized carbons (Fsp3) is 0.150. The van der Waals surface area contributed by atoms with Gasteiger partial charge in [-0.2, -0.15) is 0 Å². The molecule has 3 rings (SSSR count). The number of carbonyl (C=O) groups is 1. The van der Waals surface area contributed by atoms with Crippen molar-refractivity contribution in [1.29, 1.82) is 0 Å². The van der Waals surface area contributed by atoms with E-state index in [9.17, 15) is 27.9 Å². The number of sulfonamides is 1. The molecule has 0 aliphatic heterocycles. The lowest BCUT2D eigenvalue weighted by Crippen LogP contribution is -2.36. The zero-order chi connectivity index (χ0) is 22.9. The molecular weight excluding hydrogens is 424 g/mol. The molecule has 0 radical (unpaired) electrons. The standard InChI is InChI=1S/C20H20N4O6S/c1-24(2)20(28)11-7-6-10-14(17(11)25)22-16-15(18(26)19(16)27)21-12-8-4-5-9-13(12)23-31(3,29)30/h4-10,21-23,25H,1-3H3. The van der Waals surface area contributed by atoms with Gasteiger partial charge in [0.25, 0.3) is 16.8 Å². The van der Waals surface area contributed by atoms with Gasteiger partial charge >= 0.3 is 0 Å². The van der Waals surface area contributed by atoms with Crippen LogP contribution in [0, 0.1) is 0 Å². The molecule has 0 spiro atoms. The van der Waals surface area contributed by atoms with E-state index in [2.05, 4.69) is 15.4 Å². The highest BCUT2D eigenvalue weighted by atomic mass is 32.2. The zero-order valence-corrected chi connectivity index (χ0v) is 17.7. The Morgan fingerprint density at radius 2 is 1.39 bits per heavy atom. The maximum Gasteiger partial charge on any atom is 0.257 e. The van der Waals surface area contributed by atoms with E-state index in [-0.39, 0.29) is 39.7 Å². The number of phenolic OH excluding ortho intramolecular Hbond substituents is 1. The third-order valence-corrected chi connectivity index (χ3v) is 4.92. The number of amides is 1. The van der Waals surface area contributed by atoms with Crippen molar-refractivity contribution in [2.75, 3.05) is 35.7 Å². The summed E-state index contributed by atoms with van der Waals surface area (Å²) in [6, 6.07) is 10.6. The van der Waals surface area contributed by atoms with Crippen LogP contribution in [0.25, 0.3) is 0 Å². The Morgan fingerprint density at radius 3 is 1.94 bits per heavy atom. The third-order valence-electron chi connectivity index (χ3n) is 4.32. The van der Waals surface area contributed by atoms with Gasteiger partial charge in [-0.05, 0) is 24.3 Å². The SMILES string of the molecule is CN(C)C(=O)c1cccc(Nc2c(Nc3ccccc3NS(C)(=O)=O)c(=O)c2=O)c1O. The second kappa shape index (κ2) is 8.11. The van der Waals surface area contributed by atoms with E-state index in [1.807, 2.05) is 0 Å². The molecule has 0 unspecified atom stereocenters. The summed E-state index contributed by atoms with van der Waals surface area (Å²) < 4.78 is 25.5. The first-order chi connectivity index (χ1) is 14.5. The van der Waals surface area contributed by atoms with Crippen molar-refractivity contribution in [3.63, 3.8) is 0 Å². The largest absolute Gasteiger partial charge is 0.505 e. The van der Waals surface area contributed by atoms with Crippen molar-refractivity contribution in [3.05, 3.63) is 68.5 Å². The molecule has 0 saturated heterocycles. The number of anilines is 5. The van der Waals surface area contributed by atoms with Crippen LogP contribution in [-0.4, -0.2) is 44.7 Å². The van der Waals surface area contributed by atoms with Crippen LogP contribution in [0.15, 0.2) is 52.1 Å². The molecule has 0 aliphatic carbocycles. The summed E-state index contributed by atoms with van der Waals surface area (Å²) in [4.78, 5) is 37.8. The molecular formula is C20H20N4O6S. The second-order valence-electron chi connectivity index (χ2n) is 6.98. The molecule has 11 heteroatoms. The fourth-order valence-electron chi connectivity index (χ4n) is 2.84. The molecule has 0 aromatic heterocycles. The van der Waals surface area contributed by atoms with E-state index in [0.717, 1.165) is 6.26 Å². The molecule has 0 saturated carbocycles. The number of hydrogen-bond acceptors (Lipinski definition) is 8. The normalized spacial score (nSPS) is 11.2. The number of rotatable bonds is 7. The fourth-order valence-corrected chi connectivity index (χ4v) is 3.42. The Kier molecular flexibility index (Phi) is 5.71. The number of carbonyl (C=O) groups excluding carboxylic acids is 1. The van der Waals surface area contributed by atoms with E-state index in [1.165, 1.54) is 49.3 Å². The molecule has 3 aromatic carbocycles. The summed E-state index contributed by atoms with van der Waals surface area (Å²) in [5, 5.41) is 15.9. The van der Waals surface area contributed by atoms with Gasteiger partial charge in [0, 0.05) is 14.1 Å². The number of hydrogen-bond donors (Lipinski definition) is 4. The maximum absolute atomic E-state index is 12.2. The Morgan fingerprint density at radius 1 is 0.871 bits per heavy atom. The molecule has 0 heterocycles. The van der Waals surface area contributed by atoms with E-state index in [1.54, 1.807) is 12.1 Å². The lowest BCUT2D eigenvalue weighted by atomic mass is 10.1. The van der Waals surface area contributed by atoms with Crippen LogP contribution in [0.4, 0.5) is 28.4 Å². The Balaban J connectivity index is 1.95. The number of nitrogens with one attached hydrogen (secondary N) is 3. The predicted molar refractivity (Wildman–Crippen MR) is 119 cm³/mol. The summed E-state index contributed by atoms with van der Waals surface area (Å²) in [5.41, 5.74) is -1.33. The minimum atomic E-state index is -3.58. The third kappa shape index (κ3) is 4.51. The minimum absolute atomic E-state index is 0.0194. The molecule has 0 bridgehead atoms. The van der Waals surface area contributed by atoms with Crippen molar-refractivity contribution in [2.45, 2.75) is 0 Å². The van der Waals surface area contributed by atoms with Gasteiger partial charge in [0.05, 0.1) is 28.9 Å². The highest BCUT2D eigenvalue weighted by molar-refractivity contribution is 7.92. The quantitative estimate of drug-likeness (QED) is 0.317. The lowest BCUT2D eigenvalue weighted by molar-refractivity contribution is 0.0824. The van der Waals surface area contributed by atoms with Crippen LogP contribution in [0.1, 0.15) is 10.4 Å². The van der Waals surface area contributed by atoms with Crippen LogP contribution in [-0.2, 0) is 10.0 Å². The van der Waals surface area contributed by atoms with Gasteiger partial charge < -0.3 is 20.6 Å². The monoisotopic (exact) mass is 444 g/mol. The summed E-state index contributed by atoms with van der Waals surface area (Å²) in [6.45, 7) is 0. The highest BCUT2D eigenvalue weighted by Gasteiger charge is 2.24. The van der Waals surface area contributed by atoms with Gasteiger partial charge in [-0.3, -0.25) is 19.1 Å². The Bertz CT molecular complexity index is 1340. The molecule has 10 nitrogen and oxygen atoms in total. The Labute approximate surface area is 177 Å². The molecule has 3 aromatic rings. The van der Waals surface area contributed by atoms with Crippen LogP contribution in [0.5, 0.6) is 5.75 Å². The molecule has 0 aliphatic rings. The lowest BCUT2D eigenvalue weighted by Gasteiger charge is -2.19. The van der Waals surface area contributed by atoms with Gasteiger partial charge in [-0.15, -0.1) is 0 Å². The predicted octanol–water partition coefficient (Wildman–Crippen LogP) is 1.55. The van der Waals surface area contributed by atoms with Crippen molar-refractivity contribution >= 4 is 44.4 Å². The van der Waals surface area contributed by atoms with Gasteiger partial charge in [0.15, 0.2) is 5.75 Å². The minimum Gasteiger partial charge on any atom is -0.505 e. The van der Waals surface area contributed by atoms with Gasteiger partial charge in [-0.1, -0.05) is 18.2 Å². The first-order valence-electron chi connectivity index (χ1n) is 8.97. The first kappa shape index (κ1) is 21.8. The average molecular weight is 444 g/mol. The summed E-state index contributed by atoms with van der Waals surface area (Å²) >= 11 is 0. The second-order valence-corrected chi connectivity index (χ2v) is 8.73. The zero-order valence-electron chi connectivity index (χ0n) is 16.9. The summed E-state index contributed by atoms with van der Waals surface area (Å²) in [7, 11) is -0.518. The average Bonchev–Trinajstić information content (AvgIpc) is 2.70. The first-order valence-corrected chi connectivity index (χ1v) is 10.9. The van der Waals surface area contributed by atoms with Crippen LogP contribution < -0.4 is 26.2 Å². The summed E-state index contributed by atoms with van der Waals surface area (Å²) in [6.07, 6.45) is 0.985. The van der Waals surface area contributed by atoms with Gasteiger partial charge in [0.2, 0.25) is 10.0 Å². The van der Waals surface area contributed by atoms with E-state index in [0.29, 0.717) is 0 Å². The topological polar surface area (TPSA) is 145 Å². The molecule has 31 heavy (non-hydrogen) atoms. The van der Waals surface area contributed by atoms with E-state index >= 15 is 0 Å². The molecule has 0 atom stereocenters. The van der Waals surface area contributed by atoms with Crippen molar-refractivity contribution < 1.29 is 18.3 Å². The number of aromatic hydroxyl groups is 1. The van der Waals surface area contributed by atoms with E-state index < -0.39 is 26.8 Å². The highest BCUT2D eigenvalue weighted by Crippen LogP contribution is 2.33. The molecule has 1 amide bonds. The number of phenols is 1. The van der Waals surface area contributed by atoms with Gasteiger partial charge in [-0.25, -0.2) is 8.42 Å². The maximum atomic E-state index is 12.2. The van der Waals surface area contributed by atoms with Crippen LogP contribution in [0.3, 0.4) is 0 Å².